The minimum Gasteiger partial charge on any atom is -0.300 e. The SMILES string of the molecule is C1=CC2=CC=C3CCCCC3C2C=C1.CC(C)=O. The van der Waals surface area contributed by atoms with Crippen LogP contribution in [0.15, 0.2) is 47.6 Å². The Labute approximate surface area is 110 Å². The van der Waals surface area contributed by atoms with Gasteiger partial charge in [-0.05, 0) is 44.6 Å². The first-order valence-corrected chi connectivity index (χ1v) is 6.91. The van der Waals surface area contributed by atoms with Crippen molar-refractivity contribution < 1.29 is 4.79 Å². The summed E-state index contributed by atoms with van der Waals surface area (Å²) in [7, 11) is 0. The molecule has 3 rings (SSSR count). The molecule has 0 aromatic heterocycles. The third-order valence-electron chi connectivity index (χ3n) is 3.73. The molecule has 0 aromatic rings. The van der Waals surface area contributed by atoms with Gasteiger partial charge in [-0.15, -0.1) is 0 Å². The molecule has 0 spiro atoms. The first-order valence-electron chi connectivity index (χ1n) is 6.91. The first kappa shape index (κ1) is 13.1. The van der Waals surface area contributed by atoms with Crippen LogP contribution in [0.3, 0.4) is 0 Å². The number of carbonyl (C=O) groups is 1. The molecule has 0 amide bonds. The predicted molar refractivity (Wildman–Crippen MR) is 76.2 cm³/mol. The Balaban J connectivity index is 0.000000267. The number of hydrogen-bond donors (Lipinski definition) is 0. The topological polar surface area (TPSA) is 17.1 Å². The van der Waals surface area contributed by atoms with Crippen LogP contribution in [-0.4, -0.2) is 5.78 Å². The second kappa shape index (κ2) is 5.99. The molecule has 1 heteroatoms. The molecule has 0 bridgehead atoms. The van der Waals surface area contributed by atoms with Gasteiger partial charge in [0.2, 0.25) is 0 Å². The van der Waals surface area contributed by atoms with Gasteiger partial charge in [0.1, 0.15) is 5.78 Å². The van der Waals surface area contributed by atoms with Crippen LogP contribution >= 0.6 is 0 Å². The molecule has 0 heterocycles. The van der Waals surface area contributed by atoms with Crippen molar-refractivity contribution in [1.82, 2.24) is 0 Å². The van der Waals surface area contributed by atoms with Crippen LogP contribution in [-0.2, 0) is 4.79 Å². The summed E-state index contributed by atoms with van der Waals surface area (Å²) in [6, 6.07) is 0. The fraction of sp³-hybridized carbons (Fsp3) is 0.471. The van der Waals surface area contributed by atoms with E-state index in [1.54, 1.807) is 5.57 Å². The molecule has 0 N–H and O–H groups in total. The molecule has 0 aliphatic heterocycles. The standard InChI is InChI=1S/C14H16.C3H6O/c1-3-7-13-11(5-1)9-10-12-6-2-4-8-14(12)13;1-3(2)4/h1,3,5,7,9-10,13-14H,2,4,6,8H2;1-2H3. The van der Waals surface area contributed by atoms with Crippen molar-refractivity contribution in [3.8, 4) is 0 Å². The second-order valence-corrected chi connectivity index (χ2v) is 5.44. The average Bonchev–Trinajstić information content (AvgIpc) is 2.38. The van der Waals surface area contributed by atoms with Crippen LogP contribution in [0.25, 0.3) is 0 Å². The Kier molecular flexibility index (Phi) is 4.35. The maximum Gasteiger partial charge on any atom is 0.126 e. The zero-order valence-corrected chi connectivity index (χ0v) is 11.4. The maximum atomic E-state index is 9.44. The van der Waals surface area contributed by atoms with Gasteiger partial charge >= 0.3 is 0 Å². The number of carbonyl (C=O) groups excluding carboxylic acids is 1. The molecule has 18 heavy (non-hydrogen) atoms. The fourth-order valence-corrected chi connectivity index (χ4v) is 2.99. The molecular weight excluding hydrogens is 220 g/mol. The van der Waals surface area contributed by atoms with Gasteiger partial charge in [-0.1, -0.05) is 48.5 Å². The van der Waals surface area contributed by atoms with Crippen molar-refractivity contribution in [1.29, 1.82) is 0 Å². The molecule has 2 unspecified atom stereocenters. The summed E-state index contributed by atoms with van der Waals surface area (Å²) < 4.78 is 0. The van der Waals surface area contributed by atoms with Gasteiger partial charge in [-0.3, -0.25) is 0 Å². The van der Waals surface area contributed by atoms with E-state index in [4.69, 9.17) is 0 Å². The minimum absolute atomic E-state index is 0.167. The highest BCUT2D eigenvalue weighted by molar-refractivity contribution is 5.72. The lowest BCUT2D eigenvalue weighted by Crippen LogP contribution is -2.23. The largest absolute Gasteiger partial charge is 0.300 e. The van der Waals surface area contributed by atoms with Crippen molar-refractivity contribution >= 4 is 5.78 Å². The van der Waals surface area contributed by atoms with E-state index in [-0.39, 0.29) is 5.78 Å². The highest BCUT2D eigenvalue weighted by atomic mass is 16.1. The third kappa shape index (κ3) is 3.10. The normalized spacial score (nSPS) is 28.1. The summed E-state index contributed by atoms with van der Waals surface area (Å²) in [6.07, 6.45) is 19.3. The van der Waals surface area contributed by atoms with Gasteiger partial charge < -0.3 is 4.79 Å². The average molecular weight is 242 g/mol. The van der Waals surface area contributed by atoms with E-state index in [0.29, 0.717) is 5.92 Å². The van der Waals surface area contributed by atoms with Crippen LogP contribution in [0, 0.1) is 11.8 Å². The fourth-order valence-electron chi connectivity index (χ4n) is 2.99. The summed E-state index contributed by atoms with van der Waals surface area (Å²) in [5.74, 6) is 1.69. The van der Waals surface area contributed by atoms with Crippen molar-refractivity contribution in [3.05, 3.63) is 47.6 Å². The smallest absolute Gasteiger partial charge is 0.126 e. The number of rotatable bonds is 0. The lowest BCUT2D eigenvalue weighted by atomic mass is 9.70. The van der Waals surface area contributed by atoms with E-state index in [9.17, 15) is 4.79 Å². The zero-order valence-electron chi connectivity index (χ0n) is 11.4. The summed E-state index contributed by atoms with van der Waals surface area (Å²) >= 11 is 0. The molecule has 0 saturated heterocycles. The highest BCUT2D eigenvalue weighted by Gasteiger charge is 2.29. The lowest BCUT2D eigenvalue weighted by molar-refractivity contribution is -0.114. The predicted octanol–water partition coefficient (Wildman–Crippen LogP) is 4.38. The number of ketones is 1. The third-order valence-corrected chi connectivity index (χ3v) is 3.73. The van der Waals surface area contributed by atoms with Crippen molar-refractivity contribution in [2.75, 3.05) is 0 Å². The van der Waals surface area contributed by atoms with Crippen LogP contribution in [0.1, 0.15) is 39.5 Å². The summed E-state index contributed by atoms with van der Waals surface area (Å²) in [6.45, 7) is 3.06. The molecule has 96 valence electrons. The van der Waals surface area contributed by atoms with E-state index in [0.717, 1.165) is 5.92 Å². The minimum atomic E-state index is 0.167. The molecule has 1 nitrogen and oxygen atoms in total. The molecule has 3 aliphatic carbocycles. The molecule has 0 aromatic carbocycles. The number of allylic oxidation sites excluding steroid dienone is 8. The van der Waals surface area contributed by atoms with Crippen molar-refractivity contribution in [2.24, 2.45) is 11.8 Å². The Morgan fingerprint density at radius 1 is 1.17 bits per heavy atom. The summed E-state index contributed by atoms with van der Waals surface area (Å²) in [5.41, 5.74) is 3.22. The van der Waals surface area contributed by atoms with Gasteiger partial charge in [-0.25, -0.2) is 0 Å². The van der Waals surface area contributed by atoms with Crippen LogP contribution in [0.4, 0.5) is 0 Å². The quantitative estimate of drug-likeness (QED) is 0.616. The van der Waals surface area contributed by atoms with E-state index < -0.39 is 0 Å². The van der Waals surface area contributed by atoms with Gasteiger partial charge in [-0.2, -0.15) is 0 Å². The zero-order chi connectivity index (χ0) is 13.0. The van der Waals surface area contributed by atoms with Crippen LogP contribution in [0.2, 0.25) is 0 Å². The number of Topliss-reactive ketones (excluding diaryl/α,β-unsaturated/α-hetero) is 1. The second-order valence-electron chi connectivity index (χ2n) is 5.44. The van der Waals surface area contributed by atoms with E-state index >= 15 is 0 Å². The van der Waals surface area contributed by atoms with Gasteiger partial charge in [0.25, 0.3) is 0 Å². The molecule has 1 fully saturated rings. The van der Waals surface area contributed by atoms with E-state index in [1.807, 2.05) is 0 Å². The molecular formula is C17H22O. The van der Waals surface area contributed by atoms with Gasteiger partial charge in [0, 0.05) is 5.92 Å². The molecule has 3 aliphatic rings. The summed E-state index contributed by atoms with van der Waals surface area (Å²) in [5, 5.41) is 0. The van der Waals surface area contributed by atoms with Crippen LogP contribution in [0.5, 0.6) is 0 Å². The lowest BCUT2D eigenvalue weighted by Gasteiger charge is -2.35. The highest BCUT2D eigenvalue weighted by Crippen LogP contribution is 2.42. The van der Waals surface area contributed by atoms with E-state index in [2.05, 4.69) is 36.5 Å². The Bertz CT molecular complexity index is 431. The van der Waals surface area contributed by atoms with Gasteiger partial charge in [0.05, 0.1) is 0 Å². The van der Waals surface area contributed by atoms with Gasteiger partial charge in [0.15, 0.2) is 0 Å². The maximum absolute atomic E-state index is 9.44. The first-order chi connectivity index (χ1) is 8.68. The van der Waals surface area contributed by atoms with E-state index in [1.165, 1.54) is 45.1 Å². The Hall–Kier alpha value is -1.37. The summed E-state index contributed by atoms with van der Waals surface area (Å²) in [4.78, 5) is 9.44. The molecule has 0 radical (unpaired) electrons. The van der Waals surface area contributed by atoms with Crippen molar-refractivity contribution in [2.45, 2.75) is 39.5 Å². The van der Waals surface area contributed by atoms with Crippen molar-refractivity contribution in [3.63, 3.8) is 0 Å². The monoisotopic (exact) mass is 242 g/mol. The Morgan fingerprint density at radius 2 is 1.94 bits per heavy atom. The van der Waals surface area contributed by atoms with Crippen LogP contribution < -0.4 is 0 Å². The molecule has 1 saturated carbocycles. The Morgan fingerprint density at radius 3 is 2.72 bits per heavy atom. The number of hydrogen-bond acceptors (Lipinski definition) is 1. The number of fused-ring (bicyclic) bond motifs is 3. The molecule has 2 atom stereocenters.